The number of carbonyl (C=O) groups is 2. The molecule has 4 bridgehead atoms. The van der Waals surface area contributed by atoms with Gasteiger partial charge < -0.3 is 10.1 Å². The highest BCUT2D eigenvalue weighted by Crippen LogP contribution is 2.64. The van der Waals surface area contributed by atoms with Crippen molar-refractivity contribution in [2.24, 2.45) is 58.2 Å². The predicted molar refractivity (Wildman–Crippen MR) is 126 cm³/mol. The van der Waals surface area contributed by atoms with Crippen LogP contribution in [0, 0.1) is 58.2 Å². The van der Waals surface area contributed by atoms with Crippen molar-refractivity contribution in [3.63, 3.8) is 0 Å². The van der Waals surface area contributed by atoms with Gasteiger partial charge in [-0.25, -0.2) is 0 Å². The first kappa shape index (κ1) is 21.0. The van der Waals surface area contributed by atoms with Gasteiger partial charge in [-0.2, -0.15) is 0 Å². The van der Waals surface area contributed by atoms with Gasteiger partial charge in [-0.3, -0.25) is 9.59 Å². The summed E-state index contributed by atoms with van der Waals surface area (Å²) in [5.74, 6) is 5.47. The molecule has 0 radical (unpaired) electrons. The molecule has 8 aliphatic rings. The number of ether oxygens (including phenoxy) is 1. The Labute approximate surface area is 198 Å². The van der Waals surface area contributed by atoms with Crippen molar-refractivity contribution in [3.05, 3.63) is 11.8 Å². The number of esters is 1. The molecule has 6 saturated carbocycles. The number of piperidine rings is 1. The molecule has 0 amide bonds. The molecule has 6 atom stereocenters. The van der Waals surface area contributed by atoms with Crippen LogP contribution in [-0.2, 0) is 14.3 Å². The molecular formula is C29H41NO3. The van der Waals surface area contributed by atoms with Crippen LogP contribution in [0.2, 0.25) is 0 Å². The Bertz CT molecular complexity index is 881. The smallest absolute Gasteiger partial charge is 0.309 e. The molecular weight excluding hydrogens is 410 g/mol. The minimum absolute atomic E-state index is 0.0773. The Morgan fingerprint density at radius 2 is 1.70 bits per heavy atom. The minimum Gasteiger partial charge on any atom is -0.462 e. The van der Waals surface area contributed by atoms with E-state index in [9.17, 15) is 9.59 Å². The maximum atomic E-state index is 13.7. The van der Waals surface area contributed by atoms with Crippen LogP contribution < -0.4 is 5.32 Å². The van der Waals surface area contributed by atoms with Gasteiger partial charge in [-0.05, 0) is 111 Å². The van der Waals surface area contributed by atoms with Crippen molar-refractivity contribution < 1.29 is 14.3 Å². The second-order valence-electron chi connectivity index (χ2n) is 13.7. The topological polar surface area (TPSA) is 55.4 Å². The molecule has 4 heteroatoms. The molecule has 8 rings (SSSR count). The lowest BCUT2D eigenvalue weighted by Crippen LogP contribution is -2.57. The van der Waals surface area contributed by atoms with E-state index in [0.29, 0.717) is 36.0 Å². The van der Waals surface area contributed by atoms with Crippen LogP contribution in [0.4, 0.5) is 0 Å². The monoisotopic (exact) mass is 451 g/mol. The van der Waals surface area contributed by atoms with E-state index in [4.69, 9.17) is 4.74 Å². The third-order valence-corrected chi connectivity index (χ3v) is 12.3. The second-order valence-corrected chi connectivity index (χ2v) is 13.7. The number of allylic oxidation sites excluding steroid dienone is 2. The molecule has 180 valence electrons. The minimum atomic E-state index is 0.0773. The van der Waals surface area contributed by atoms with Crippen LogP contribution in [0.3, 0.4) is 0 Å². The Morgan fingerprint density at radius 1 is 0.970 bits per heavy atom. The zero-order valence-corrected chi connectivity index (χ0v) is 20.5. The van der Waals surface area contributed by atoms with Crippen LogP contribution in [0.1, 0.15) is 84.5 Å². The molecule has 1 saturated heterocycles. The van der Waals surface area contributed by atoms with Crippen LogP contribution >= 0.6 is 0 Å². The maximum Gasteiger partial charge on any atom is 0.309 e. The summed E-state index contributed by atoms with van der Waals surface area (Å²) in [4.78, 5) is 25.8. The molecule has 0 aromatic heterocycles. The fraction of sp³-hybridized carbons (Fsp3) is 0.862. The number of hydrogen-bond acceptors (Lipinski definition) is 4. The Balaban J connectivity index is 1.09. The first-order chi connectivity index (χ1) is 15.8. The van der Waals surface area contributed by atoms with E-state index >= 15 is 0 Å². The van der Waals surface area contributed by atoms with E-state index in [0.717, 1.165) is 44.1 Å². The number of rotatable bonds is 2. The van der Waals surface area contributed by atoms with E-state index in [2.05, 4.69) is 19.2 Å². The van der Waals surface area contributed by atoms with Crippen molar-refractivity contribution >= 4 is 11.8 Å². The quantitative estimate of drug-likeness (QED) is 0.581. The molecule has 1 N–H and O–H groups in total. The summed E-state index contributed by atoms with van der Waals surface area (Å²) in [6.45, 7) is 5.78. The second kappa shape index (κ2) is 7.10. The average Bonchev–Trinajstić information content (AvgIpc) is 3.13. The summed E-state index contributed by atoms with van der Waals surface area (Å²) >= 11 is 0. The van der Waals surface area contributed by atoms with Crippen LogP contribution in [0.15, 0.2) is 11.8 Å². The van der Waals surface area contributed by atoms with Crippen molar-refractivity contribution in [2.75, 3.05) is 6.54 Å². The van der Waals surface area contributed by atoms with E-state index in [-0.39, 0.29) is 34.6 Å². The summed E-state index contributed by atoms with van der Waals surface area (Å²) in [7, 11) is 0. The van der Waals surface area contributed by atoms with Gasteiger partial charge in [0, 0.05) is 30.2 Å². The number of nitrogens with one attached hydrogen (secondary N) is 1. The zero-order chi connectivity index (χ0) is 22.5. The molecule has 1 heterocycles. The molecule has 0 spiro atoms. The van der Waals surface area contributed by atoms with E-state index in [1.54, 1.807) is 0 Å². The highest BCUT2D eigenvalue weighted by Gasteiger charge is 2.61. The fourth-order valence-electron chi connectivity index (χ4n) is 10.8. The van der Waals surface area contributed by atoms with Crippen molar-refractivity contribution in [3.8, 4) is 0 Å². The highest BCUT2D eigenvalue weighted by atomic mass is 16.5. The van der Waals surface area contributed by atoms with Gasteiger partial charge in [0.05, 0.1) is 5.92 Å². The fourth-order valence-corrected chi connectivity index (χ4v) is 10.8. The Hall–Kier alpha value is -1.32. The normalized spacial score (nSPS) is 54.1. The van der Waals surface area contributed by atoms with E-state index < -0.39 is 0 Å². The van der Waals surface area contributed by atoms with Gasteiger partial charge in [0.2, 0.25) is 0 Å². The zero-order valence-electron chi connectivity index (χ0n) is 20.5. The Morgan fingerprint density at radius 3 is 2.42 bits per heavy atom. The standard InChI is InChI=1S/C29H41NO3/c1-28-8-6-23-21(15-30-25-14-20(31)5-7-29(23,25)2)22(28)3-4-24(28)27(32)33-26-18-10-16-9-17(12-18)13-19(26)11-16/h14,16-19,21-24,26,30H,3-13,15H2,1-2H3/t16?,17?,18?,19?,21?,22?,23?,24-,26?,28+,29-/m1/s1. The van der Waals surface area contributed by atoms with Gasteiger partial charge in [0.25, 0.3) is 0 Å². The molecule has 3 unspecified atom stereocenters. The van der Waals surface area contributed by atoms with Crippen LogP contribution in [0.25, 0.3) is 0 Å². The van der Waals surface area contributed by atoms with E-state index in [1.807, 2.05) is 6.08 Å². The average molecular weight is 452 g/mol. The van der Waals surface area contributed by atoms with Crippen LogP contribution in [0.5, 0.6) is 0 Å². The molecule has 7 fully saturated rings. The first-order valence-corrected chi connectivity index (χ1v) is 14.0. The lowest BCUT2D eigenvalue weighted by molar-refractivity contribution is -0.181. The summed E-state index contributed by atoms with van der Waals surface area (Å²) < 4.78 is 6.48. The lowest BCUT2D eigenvalue weighted by atomic mass is 9.50. The predicted octanol–water partition coefficient (Wildman–Crippen LogP) is 5.27. The molecule has 1 aliphatic heterocycles. The van der Waals surface area contributed by atoms with E-state index in [1.165, 1.54) is 44.2 Å². The van der Waals surface area contributed by atoms with Crippen molar-refractivity contribution in [1.82, 2.24) is 5.32 Å². The highest BCUT2D eigenvalue weighted by molar-refractivity contribution is 5.91. The molecule has 0 aromatic rings. The first-order valence-electron chi connectivity index (χ1n) is 14.0. The Kier molecular flexibility index (Phi) is 4.52. The van der Waals surface area contributed by atoms with Gasteiger partial charge in [-0.15, -0.1) is 0 Å². The SMILES string of the molecule is C[C@]12CCC(=O)C=C1NCC1C2CC[C@@]2(C)C1CC[C@@H]2C(=O)OC1C2CC3CC(C2)CC1C3. The number of ketones is 1. The summed E-state index contributed by atoms with van der Waals surface area (Å²) in [6.07, 6.45) is 14.9. The summed E-state index contributed by atoms with van der Waals surface area (Å²) in [5.41, 5.74) is 1.38. The van der Waals surface area contributed by atoms with Gasteiger partial charge >= 0.3 is 5.97 Å². The van der Waals surface area contributed by atoms with Crippen molar-refractivity contribution in [1.29, 1.82) is 0 Å². The summed E-state index contributed by atoms with van der Waals surface area (Å²) in [5, 5.41) is 3.69. The molecule has 7 aliphatic carbocycles. The third-order valence-electron chi connectivity index (χ3n) is 12.3. The van der Waals surface area contributed by atoms with Gasteiger partial charge in [0.1, 0.15) is 6.10 Å². The molecule has 0 aromatic carbocycles. The number of hydrogen-bond donors (Lipinski definition) is 1. The maximum absolute atomic E-state index is 13.7. The van der Waals surface area contributed by atoms with Crippen LogP contribution in [-0.4, -0.2) is 24.4 Å². The third kappa shape index (κ3) is 2.94. The van der Waals surface area contributed by atoms with Crippen molar-refractivity contribution in [2.45, 2.75) is 90.6 Å². The summed E-state index contributed by atoms with van der Waals surface area (Å²) in [6, 6.07) is 0. The molecule has 4 nitrogen and oxygen atoms in total. The number of carbonyl (C=O) groups excluding carboxylic acids is 2. The largest absolute Gasteiger partial charge is 0.462 e. The molecule has 33 heavy (non-hydrogen) atoms. The van der Waals surface area contributed by atoms with Gasteiger partial charge in [-0.1, -0.05) is 13.8 Å². The lowest BCUT2D eigenvalue weighted by Gasteiger charge is -2.58. The number of fused-ring (bicyclic) bond motifs is 5. The van der Waals surface area contributed by atoms with Gasteiger partial charge in [0.15, 0.2) is 5.78 Å².